The summed E-state index contributed by atoms with van der Waals surface area (Å²) < 4.78 is 0. The zero-order valence-corrected chi connectivity index (χ0v) is 17.0. The number of hydrogen-bond acceptors (Lipinski definition) is 7. The Morgan fingerprint density at radius 3 is 1.69 bits per heavy atom. The van der Waals surface area contributed by atoms with Crippen LogP contribution in [0.5, 0.6) is 0 Å². The number of nitrogens with one attached hydrogen (secondary N) is 4. The number of hydrogen-bond donors (Lipinski definition) is 4. The van der Waals surface area contributed by atoms with E-state index < -0.39 is 34.5 Å². The fourth-order valence-electron chi connectivity index (χ4n) is 4.11. The number of nitrogens with zero attached hydrogens (tertiary/aromatic N) is 1. The Labute approximate surface area is 176 Å². The van der Waals surface area contributed by atoms with Crippen molar-refractivity contribution in [2.24, 2.45) is 10.8 Å². The van der Waals surface area contributed by atoms with Gasteiger partial charge in [0.05, 0.1) is 0 Å². The number of anilines is 1. The molecule has 150 valence electrons. The van der Waals surface area contributed by atoms with Crippen LogP contribution in [0, 0.1) is 17.8 Å². The van der Waals surface area contributed by atoms with Gasteiger partial charge in [0.25, 0.3) is 0 Å². The highest BCUT2D eigenvalue weighted by Crippen LogP contribution is 2.45. The highest BCUT2D eigenvalue weighted by molar-refractivity contribution is 7.80. The van der Waals surface area contributed by atoms with Crippen molar-refractivity contribution in [1.82, 2.24) is 21.3 Å². The van der Waals surface area contributed by atoms with Gasteiger partial charge >= 0.3 is 0 Å². The van der Waals surface area contributed by atoms with Crippen molar-refractivity contribution in [3.05, 3.63) is 29.8 Å². The van der Waals surface area contributed by atoms with Gasteiger partial charge in [0.15, 0.2) is 10.2 Å². The van der Waals surface area contributed by atoms with Crippen LogP contribution in [0.4, 0.5) is 5.69 Å². The number of thiocarbonyl (C=S) groups is 2. The maximum Gasteiger partial charge on any atom is 0.243 e. The molecule has 4 rings (SSSR count). The van der Waals surface area contributed by atoms with Crippen molar-refractivity contribution >= 4 is 64.0 Å². The third-order valence-corrected chi connectivity index (χ3v) is 5.95. The molecule has 3 aliphatic rings. The van der Waals surface area contributed by atoms with Crippen molar-refractivity contribution in [3.63, 3.8) is 0 Å². The highest BCUT2D eigenvalue weighted by atomic mass is 32.1. The van der Waals surface area contributed by atoms with E-state index in [1.807, 2.05) is 25.1 Å². The smallest absolute Gasteiger partial charge is 0.243 e. The lowest BCUT2D eigenvalue weighted by atomic mass is 9.64. The van der Waals surface area contributed by atoms with E-state index in [9.17, 15) is 19.2 Å². The van der Waals surface area contributed by atoms with Crippen LogP contribution in [0.2, 0.25) is 0 Å². The average molecular weight is 431 g/mol. The molecule has 4 amide bonds. The second-order valence-corrected chi connectivity index (χ2v) is 8.33. The van der Waals surface area contributed by atoms with Gasteiger partial charge in [-0.05, 0) is 55.5 Å². The number of carbonyl (C=O) groups excluding carboxylic acids is 4. The summed E-state index contributed by atoms with van der Waals surface area (Å²) in [5, 5.41) is 9.62. The van der Waals surface area contributed by atoms with Gasteiger partial charge in [-0.25, -0.2) is 0 Å². The van der Waals surface area contributed by atoms with Crippen LogP contribution in [0.3, 0.4) is 0 Å². The molecule has 0 aliphatic carbocycles. The van der Waals surface area contributed by atoms with Crippen LogP contribution in [0.15, 0.2) is 24.3 Å². The zero-order chi connectivity index (χ0) is 21.0. The highest BCUT2D eigenvalue weighted by Gasteiger charge is 2.64. The van der Waals surface area contributed by atoms with Crippen molar-refractivity contribution in [2.75, 3.05) is 18.0 Å². The molecule has 11 heteroatoms. The SMILES string of the molecule is Cc1cccc(N2CC3(CC4(C2)C(=O)NC(=S)NC4=O)C(=O)NC(=S)NC3=O)c1. The predicted octanol–water partition coefficient (Wildman–Crippen LogP) is -0.760. The molecule has 1 aromatic carbocycles. The molecule has 3 saturated heterocycles. The molecule has 4 N–H and O–H groups in total. The molecule has 0 atom stereocenters. The Morgan fingerprint density at radius 1 is 0.828 bits per heavy atom. The van der Waals surface area contributed by atoms with Crippen molar-refractivity contribution in [3.8, 4) is 0 Å². The predicted molar refractivity (Wildman–Crippen MR) is 111 cm³/mol. The molecule has 0 saturated carbocycles. The topological polar surface area (TPSA) is 120 Å². The number of carbonyl (C=O) groups is 4. The summed E-state index contributed by atoms with van der Waals surface area (Å²) in [6.45, 7) is 1.88. The van der Waals surface area contributed by atoms with E-state index in [1.54, 1.807) is 11.0 Å². The summed E-state index contributed by atoms with van der Waals surface area (Å²) in [6.07, 6.45) is -0.303. The summed E-state index contributed by atoms with van der Waals surface area (Å²) >= 11 is 9.82. The zero-order valence-electron chi connectivity index (χ0n) is 15.3. The molecule has 3 heterocycles. The number of amides is 4. The lowest BCUT2D eigenvalue weighted by Crippen LogP contribution is -2.75. The Bertz CT molecular complexity index is 912. The number of aryl methyl sites for hydroxylation is 1. The monoisotopic (exact) mass is 431 g/mol. The summed E-state index contributed by atoms with van der Waals surface area (Å²) in [5.74, 6) is -2.57. The van der Waals surface area contributed by atoms with E-state index >= 15 is 0 Å². The van der Waals surface area contributed by atoms with E-state index in [-0.39, 0.29) is 29.7 Å². The first-order valence-corrected chi connectivity index (χ1v) is 9.63. The van der Waals surface area contributed by atoms with E-state index in [0.717, 1.165) is 5.56 Å². The van der Waals surface area contributed by atoms with Gasteiger partial charge in [-0.3, -0.25) is 19.2 Å². The van der Waals surface area contributed by atoms with Gasteiger partial charge in [0.1, 0.15) is 10.8 Å². The second-order valence-electron chi connectivity index (χ2n) is 7.51. The largest absolute Gasteiger partial charge is 0.368 e. The minimum atomic E-state index is -1.68. The van der Waals surface area contributed by atoms with Gasteiger partial charge in [-0.2, -0.15) is 0 Å². The molecular formula is C18H17N5O4S2. The minimum Gasteiger partial charge on any atom is -0.368 e. The van der Waals surface area contributed by atoms with E-state index in [1.165, 1.54) is 0 Å². The lowest BCUT2D eigenvalue weighted by molar-refractivity contribution is -0.154. The molecule has 2 spiro atoms. The van der Waals surface area contributed by atoms with E-state index in [4.69, 9.17) is 24.4 Å². The van der Waals surface area contributed by atoms with Crippen LogP contribution in [0.25, 0.3) is 0 Å². The molecule has 3 aliphatic heterocycles. The molecule has 3 fully saturated rings. The van der Waals surface area contributed by atoms with Crippen LogP contribution in [0.1, 0.15) is 12.0 Å². The summed E-state index contributed by atoms with van der Waals surface area (Å²) in [6, 6.07) is 7.38. The first-order chi connectivity index (χ1) is 13.7. The van der Waals surface area contributed by atoms with Gasteiger partial charge in [0.2, 0.25) is 23.6 Å². The lowest BCUT2D eigenvalue weighted by Gasteiger charge is -2.51. The molecule has 9 nitrogen and oxygen atoms in total. The quantitative estimate of drug-likeness (QED) is 0.341. The standard InChI is InChI=1S/C18H17N5O4S2/c1-9-3-2-4-10(5-9)23-7-17(11(24)19-15(28)20-12(17)25)6-18(8-23)13(26)21-16(29)22-14(18)27/h2-5H,6-8H2,1H3,(H2,19,20,24,25,28)(H2,21,22,26,27,29). The normalized spacial score (nSPS) is 22.9. The van der Waals surface area contributed by atoms with Gasteiger partial charge < -0.3 is 26.2 Å². The molecular weight excluding hydrogens is 414 g/mol. The molecule has 0 radical (unpaired) electrons. The summed E-state index contributed by atoms with van der Waals surface area (Å²) in [7, 11) is 0. The fourth-order valence-corrected chi connectivity index (χ4v) is 4.48. The van der Waals surface area contributed by atoms with Crippen LogP contribution >= 0.6 is 24.4 Å². The first-order valence-electron chi connectivity index (χ1n) is 8.82. The van der Waals surface area contributed by atoms with E-state index in [0.29, 0.717) is 5.69 Å². The van der Waals surface area contributed by atoms with Gasteiger partial charge in [0, 0.05) is 18.8 Å². The third-order valence-electron chi connectivity index (χ3n) is 5.54. The average Bonchev–Trinajstić information content (AvgIpc) is 2.64. The molecule has 0 aromatic heterocycles. The van der Waals surface area contributed by atoms with Gasteiger partial charge in [-0.15, -0.1) is 0 Å². The Hall–Kier alpha value is -2.92. The van der Waals surface area contributed by atoms with Crippen molar-refractivity contribution < 1.29 is 19.2 Å². The van der Waals surface area contributed by atoms with E-state index in [2.05, 4.69) is 21.3 Å². The Balaban J connectivity index is 1.85. The number of piperidine rings is 1. The maximum absolute atomic E-state index is 13.0. The Kier molecular flexibility index (Phi) is 4.39. The van der Waals surface area contributed by atoms with Crippen LogP contribution in [-0.4, -0.2) is 46.9 Å². The maximum atomic E-state index is 13.0. The van der Waals surface area contributed by atoms with Crippen LogP contribution in [-0.2, 0) is 19.2 Å². The van der Waals surface area contributed by atoms with Gasteiger partial charge in [-0.1, -0.05) is 12.1 Å². The third kappa shape index (κ3) is 2.97. The Morgan fingerprint density at radius 2 is 1.28 bits per heavy atom. The van der Waals surface area contributed by atoms with Crippen molar-refractivity contribution in [1.29, 1.82) is 0 Å². The van der Waals surface area contributed by atoms with Crippen LogP contribution < -0.4 is 26.2 Å². The molecule has 29 heavy (non-hydrogen) atoms. The molecule has 0 bridgehead atoms. The second kappa shape index (κ2) is 6.56. The molecule has 0 unspecified atom stereocenters. The minimum absolute atomic E-state index is 0.0104. The number of rotatable bonds is 1. The molecule has 1 aromatic rings. The first kappa shape index (κ1) is 19.4. The summed E-state index contributed by atoms with van der Waals surface area (Å²) in [5.41, 5.74) is -1.73. The fraction of sp³-hybridized carbons (Fsp3) is 0.333. The number of benzene rings is 1. The summed E-state index contributed by atoms with van der Waals surface area (Å²) in [4.78, 5) is 53.6. The van der Waals surface area contributed by atoms with Crippen molar-refractivity contribution in [2.45, 2.75) is 13.3 Å².